The second-order valence-electron chi connectivity index (χ2n) is 3.59. The van der Waals surface area contributed by atoms with Gasteiger partial charge in [0.25, 0.3) is 0 Å². The molecule has 19 heavy (non-hydrogen) atoms. The number of benzene rings is 1. The molecule has 1 unspecified atom stereocenters. The smallest absolute Gasteiger partial charge is 0.405 e. The summed E-state index contributed by atoms with van der Waals surface area (Å²) in [5, 5.41) is 11.8. The Morgan fingerprint density at radius 1 is 1.37 bits per heavy atom. The van der Waals surface area contributed by atoms with Crippen molar-refractivity contribution in [3.8, 4) is 11.8 Å². The number of rotatable bonds is 6. The molecule has 0 spiro atoms. The van der Waals surface area contributed by atoms with E-state index < -0.39 is 12.4 Å². The maximum atomic E-state index is 12.2. The van der Waals surface area contributed by atoms with E-state index in [9.17, 15) is 13.2 Å². The van der Waals surface area contributed by atoms with E-state index in [1.807, 2.05) is 6.07 Å². The van der Waals surface area contributed by atoms with Crippen molar-refractivity contribution in [1.82, 2.24) is 5.32 Å². The zero-order valence-corrected chi connectivity index (χ0v) is 10.2. The van der Waals surface area contributed by atoms with Crippen LogP contribution in [0.15, 0.2) is 24.3 Å². The van der Waals surface area contributed by atoms with Crippen molar-refractivity contribution in [2.45, 2.75) is 12.4 Å². The van der Waals surface area contributed by atoms with Gasteiger partial charge < -0.3 is 9.47 Å². The molecule has 1 N–H and O–H groups in total. The molecule has 0 fully saturated rings. The first kappa shape index (κ1) is 15.3. The third kappa shape index (κ3) is 5.16. The van der Waals surface area contributed by atoms with Crippen molar-refractivity contribution < 1.29 is 22.6 Å². The van der Waals surface area contributed by atoms with Gasteiger partial charge in [-0.2, -0.15) is 5.26 Å². The van der Waals surface area contributed by atoms with Gasteiger partial charge in [-0.3, -0.25) is 5.32 Å². The molecule has 0 heterocycles. The Kier molecular flexibility index (Phi) is 5.60. The molecule has 1 rings (SSSR count). The molecule has 0 aliphatic carbocycles. The summed E-state index contributed by atoms with van der Waals surface area (Å²) >= 11 is 0. The highest BCUT2D eigenvalue weighted by Gasteiger charge is 2.32. The topological polar surface area (TPSA) is 54.3 Å². The molecule has 0 amide bonds. The maximum Gasteiger partial charge on any atom is 0.573 e. The Bertz CT molecular complexity index is 443. The standard InChI is InChI=1S/C12H13F3N2O2/c1-18-7-6-17-10(8-16)9-4-2-3-5-11(9)19-12(13,14)15/h2-5,10,17H,6-7H2,1H3. The molecule has 0 aromatic heterocycles. The predicted octanol–water partition coefficient (Wildman–Crippen LogP) is 2.39. The van der Waals surface area contributed by atoms with E-state index in [0.29, 0.717) is 13.2 Å². The van der Waals surface area contributed by atoms with Crippen LogP contribution in [0.3, 0.4) is 0 Å². The second-order valence-corrected chi connectivity index (χ2v) is 3.59. The highest BCUT2D eigenvalue weighted by atomic mass is 19.4. The molecule has 1 aromatic carbocycles. The molecule has 1 atom stereocenters. The van der Waals surface area contributed by atoms with Crippen molar-refractivity contribution in [3.05, 3.63) is 29.8 Å². The van der Waals surface area contributed by atoms with Gasteiger partial charge in [-0.25, -0.2) is 0 Å². The molecule has 0 aliphatic heterocycles. The van der Waals surface area contributed by atoms with Crippen LogP contribution in [0.2, 0.25) is 0 Å². The lowest BCUT2D eigenvalue weighted by Gasteiger charge is -2.17. The van der Waals surface area contributed by atoms with Gasteiger partial charge in [0.2, 0.25) is 0 Å². The number of hydrogen-bond donors (Lipinski definition) is 1. The van der Waals surface area contributed by atoms with Crippen LogP contribution in [0.1, 0.15) is 11.6 Å². The molecule has 7 heteroatoms. The van der Waals surface area contributed by atoms with Crippen molar-refractivity contribution in [2.24, 2.45) is 0 Å². The molecule has 0 saturated carbocycles. The number of hydrogen-bond acceptors (Lipinski definition) is 4. The summed E-state index contributed by atoms with van der Waals surface area (Å²) in [5.74, 6) is -0.383. The summed E-state index contributed by atoms with van der Waals surface area (Å²) < 4.78 is 45.4. The van der Waals surface area contributed by atoms with Crippen LogP contribution in [0, 0.1) is 11.3 Å². The number of methoxy groups -OCH3 is 1. The number of nitriles is 1. The quantitative estimate of drug-likeness (QED) is 0.809. The number of nitrogens with zero attached hydrogens (tertiary/aromatic N) is 1. The average Bonchev–Trinajstić information content (AvgIpc) is 2.34. The van der Waals surface area contributed by atoms with Gasteiger partial charge in [-0.15, -0.1) is 13.2 Å². The van der Waals surface area contributed by atoms with E-state index >= 15 is 0 Å². The van der Waals surface area contributed by atoms with Gasteiger partial charge in [-0.05, 0) is 6.07 Å². The third-order valence-electron chi connectivity index (χ3n) is 2.24. The van der Waals surface area contributed by atoms with Crippen molar-refractivity contribution in [1.29, 1.82) is 5.26 Å². The summed E-state index contributed by atoms with van der Waals surface area (Å²) in [7, 11) is 1.49. The highest BCUT2D eigenvalue weighted by Crippen LogP contribution is 2.29. The molecule has 1 aromatic rings. The average molecular weight is 274 g/mol. The Hall–Kier alpha value is -1.78. The Labute approximate surface area is 108 Å². The first-order valence-electron chi connectivity index (χ1n) is 5.44. The molecular weight excluding hydrogens is 261 g/mol. The van der Waals surface area contributed by atoms with Crippen LogP contribution in [-0.2, 0) is 4.74 Å². The summed E-state index contributed by atoms with van der Waals surface area (Å²) in [5.41, 5.74) is 0.137. The largest absolute Gasteiger partial charge is 0.573 e. The lowest BCUT2D eigenvalue weighted by atomic mass is 10.1. The minimum atomic E-state index is -4.79. The lowest BCUT2D eigenvalue weighted by Crippen LogP contribution is -2.25. The minimum absolute atomic E-state index is 0.137. The van der Waals surface area contributed by atoms with Crippen molar-refractivity contribution in [3.63, 3.8) is 0 Å². The van der Waals surface area contributed by atoms with Gasteiger partial charge in [0.15, 0.2) is 0 Å². The Balaban J connectivity index is 2.88. The fourth-order valence-electron chi connectivity index (χ4n) is 1.47. The van der Waals surface area contributed by atoms with Crippen LogP contribution in [-0.4, -0.2) is 26.6 Å². The lowest BCUT2D eigenvalue weighted by molar-refractivity contribution is -0.274. The normalized spacial score (nSPS) is 12.8. The van der Waals surface area contributed by atoms with E-state index in [2.05, 4.69) is 10.1 Å². The van der Waals surface area contributed by atoms with Gasteiger partial charge in [-0.1, -0.05) is 18.2 Å². The number of nitrogens with one attached hydrogen (secondary N) is 1. The SMILES string of the molecule is COCCNC(C#N)c1ccccc1OC(F)(F)F. The van der Waals surface area contributed by atoms with Crippen LogP contribution in [0.4, 0.5) is 13.2 Å². The van der Waals surface area contributed by atoms with Crippen molar-refractivity contribution in [2.75, 3.05) is 20.3 Å². The number of alkyl halides is 3. The maximum absolute atomic E-state index is 12.2. The highest BCUT2D eigenvalue weighted by molar-refractivity contribution is 5.38. The van der Waals surface area contributed by atoms with Crippen molar-refractivity contribution >= 4 is 0 Å². The van der Waals surface area contributed by atoms with Crippen LogP contribution in [0.5, 0.6) is 5.75 Å². The molecule has 4 nitrogen and oxygen atoms in total. The molecular formula is C12H13F3N2O2. The second kappa shape index (κ2) is 6.97. The minimum Gasteiger partial charge on any atom is -0.405 e. The Morgan fingerprint density at radius 2 is 2.05 bits per heavy atom. The van der Waals surface area contributed by atoms with Gasteiger partial charge in [0, 0.05) is 19.2 Å². The van der Waals surface area contributed by atoms with E-state index in [4.69, 9.17) is 10.00 Å². The number of ether oxygens (including phenoxy) is 2. The van der Waals surface area contributed by atoms with Gasteiger partial charge >= 0.3 is 6.36 Å². The Morgan fingerprint density at radius 3 is 2.63 bits per heavy atom. The first-order valence-corrected chi connectivity index (χ1v) is 5.44. The summed E-state index contributed by atoms with van der Waals surface area (Å²) in [6, 6.07) is 6.53. The molecule has 104 valence electrons. The molecule has 0 bridgehead atoms. The summed E-state index contributed by atoms with van der Waals surface area (Å²) in [4.78, 5) is 0. The zero-order chi connectivity index (χ0) is 14.3. The fourth-order valence-corrected chi connectivity index (χ4v) is 1.47. The zero-order valence-electron chi connectivity index (χ0n) is 10.2. The van der Waals surface area contributed by atoms with E-state index in [0.717, 1.165) is 0 Å². The number of para-hydroxylation sites is 1. The van der Waals surface area contributed by atoms with E-state index in [-0.39, 0.29) is 11.3 Å². The van der Waals surface area contributed by atoms with E-state index in [1.54, 1.807) is 6.07 Å². The molecule has 0 saturated heterocycles. The van der Waals surface area contributed by atoms with Crippen LogP contribution >= 0.6 is 0 Å². The predicted molar refractivity (Wildman–Crippen MR) is 61.4 cm³/mol. The van der Waals surface area contributed by atoms with E-state index in [1.165, 1.54) is 25.3 Å². The summed E-state index contributed by atoms with van der Waals surface area (Å²) in [6.45, 7) is 0.690. The van der Waals surface area contributed by atoms with Gasteiger partial charge in [0.05, 0.1) is 12.7 Å². The molecule has 0 radical (unpaired) electrons. The van der Waals surface area contributed by atoms with Crippen LogP contribution in [0.25, 0.3) is 0 Å². The molecule has 0 aliphatic rings. The summed E-state index contributed by atoms with van der Waals surface area (Å²) in [6.07, 6.45) is -4.79. The first-order chi connectivity index (χ1) is 8.98. The number of halogens is 3. The van der Waals surface area contributed by atoms with Crippen LogP contribution < -0.4 is 10.1 Å². The van der Waals surface area contributed by atoms with Gasteiger partial charge in [0.1, 0.15) is 11.8 Å². The monoisotopic (exact) mass is 274 g/mol. The third-order valence-corrected chi connectivity index (χ3v) is 2.24. The fraction of sp³-hybridized carbons (Fsp3) is 0.417.